The van der Waals surface area contributed by atoms with Crippen LogP contribution < -0.4 is 5.32 Å². The topological polar surface area (TPSA) is 69.7 Å². The van der Waals surface area contributed by atoms with E-state index in [1.807, 2.05) is 0 Å². The van der Waals surface area contributed by atoms with Crippen LogP contribution in [0.3, 0.4) is 0 Å². The molecule has 1 N–H and O–H groups in total. The summed E-state index contributed by atoms with van der Waals surface area (Å²) in [5.41, 5.74) is -1.07. The molecule has 1 aromatic rings. The Morgan fingerprint density at radius 2 is 1.77 bits per heavy atom. The molecule has 31 heavy (non-hydrogen) atoms. The molecule has 0 radical (unpaired) electrons. The Labute approximate surface area is 185 Å². The van der Waals surface area contributed by atoms with E-state index in [0.717, 1.165) is 42.5 Å². The summed E-state index contributed by atoms with van der Waals surface area (Å²) in [5.74, 6) is -0.411. The molecule has 1 amide bonds. The molecule has 1 aromatic carbocycles. The molecule has 6 nitrogen and oxygen atoms in total. The average molecular weight is 482 g/mol. The molecular formula is C20H27ClF3N3O3S. The number of sulfonamides is 1. The van der Waals surface area contributed by atoms with Crippen molar-refractivity contribution >= 4 is 27.5 Å². The van der Waals surface area contributed by atoms with Crippen LogP contribution in [0.5, 0.6) is 0 Å². The third-order valence-electron chi connectivity index (χ3n) is 5.85. The molecule has 0 unspecified atom stereocenters. The van der Waals surface area contributed by atoms with Crippen LogP contribution in [0.15, 0.2) is 23.1 Å². The van der Waals surface area contributed by atoms with Gasteiger partial charge in [-0.05, 0) is 69.9 Å². The number of rotatable bonds is 7. The summed E-state index contributed by atoms with van der Waals surface area (Å²) in [7, 11) is -4.19. The van der Waals surface area contributed by atoms with E-state index in [0.29, 0.717) is 25.5 Å². The van der Waals surface area contributed by atoms with E-state index in [9.17, 15) is 26.4 Å². The molecule has 0 aliphatic carbocycles. The van der Waals surface area contributed by atoms with E-state index in [-0.39, 0.29) is 29.9 Å². The van der Waals surface area contributed by atoms with Gasteiger partial charge in [0, 0.05) is 25.6 Å². The zero-order chi connectivity index (χ0) is 22.6. The molecule has 2 aliphatic rings. The summed E-state index contributed by atoms with van der Waals surface area (Å²) in [6, 6.07) is 2.26. The molecule has 0 saturated carbocycles. The summed E-state index contributed by atoms with van der Waals surface area (Å²) in [4.78, 5) is 14.2. The highest BCUT2D eigenvalue weighted by Gasteiger charge is 2.36. The van der Waals surface area contributed by atoms with Crippen molar-refractivity contribution < 1.29 is 26.4 Å². The number of carbonyl (C=O) groups is 1. The van der Waals surface area contributed by atoms with Crippen LogP contribution in [0.25, 0.3) is 0 Å². The largest absolute Gasteiger partial charge is 0.416 e. The first-order valence-corrected chi connectivity index (χ1v) is 12.3. The highest BCUT2D eigenvalue weighted by Crippen LogP contribution is 2.35. The Balaban J connectivity index is 1.53. The molecule has 0 aromatic heterocycles. The predicted molar refractivity (Wildman–Crippen MR) is 111 cm³/mol. The third kappa shape index (κ3) is 6.12. The number of likely N-dealkylation sites (tertiary alicyclic amines) is 1. The number of benzene rings is 1. The van der Waals surface area contributed by atoms with E-state index in [2.05, 4.69) is 10.2 Å². The number of nitrogens with zero attached hydrogens (tertiary/aromatic N) is 2. The molecule has 0 spiro atoms. The van der Waals surface area contributed by atoms with Crippen molar-refractivity contribution in [1.29, 1.82) is 0 Å². The Morgan fingerprint density at radius 1 is 1.13 bits per heavy atom. The molecule has 0 bridgehead atoms. The van der Waals surface area contributed by atoms with Gasteiger partial charge in [-0.2, -0.15) is 17.5 Å². The molecule has 0 atom stereocenters. The number of hydrogen-bond donors (Lipinski definition) is 1. The van der Waals surface area contributed by atoms with E-state index >= 15 is 0 Å². The lowest BCUT2D eigenvalue weighted by molar-refractivity contribution is -0.137. The summed E-state index contributed by atoms with van der Waals surface area (Å²) < 4.78 is 65.8. The average Bonchev–Trinajstić information content (AvgIpc) is 3.24. The number of nitrogens with one attached hydrogen (secondary N) is 1. The van der Waals surface area contributed by atoms with Gasteiger partial charge in [-0.25, -0.2) is 8.42 Å². The zero-order valence-electron chi connectivity index (χ0n) is 17.1. The van der Waals surface area contributed by atoms with Crippen LogP contribution in [-0.4, -0.2) is 62.8 Å². The second-order valence-electron chi connectivity index (χ2n) is 8.01. The van der Waals surface area contributed by atoms with Crippen LogP contribution in [0.4, 0.5) is 13.2 Å². The van der Waals surface area contributed by atoms with Crippen LogP contribution >= 0.6 is 11.6 Å². The SMILES string of the molecule is O=C(NCCCN1CCCC1)C1CCN(S(=O)(=O)c2cc(C(F)(F)F)ccc2Cl)CC1. The monoisotopic (exact) mass is 481 g/mol. The number of alkyl halides is 3. The fraction of sp³-hybridized carbons (Fsp3) is 0.650. The summed E-state index contributed by atoms with van der Waals surface area (Å²) >= 11 is 5.91. The lowest BCUT2D eigenvalue weighted by Crippen LogP contribution is -2.43. The predicted octanol–water partition coefficient (Wildman–Crippen LogP) is 3.36. The molecule has 2 heterocycles. The molecule has 2 fully saturated rings. The molecule has 3 rings (SSSR count). The smallest absolute Gasteiger partial charge is 0.356 e. The number of carbonyl (C=O) groups excluding carboxylic acids is 1. The highest BCUT2D eigenvalue weighted by molar-refractivity contribution is 7.89. The van der Waals surface area contributed by atoms with Crippen LogP contribution in [0.2, 0.25) is 5.02 Å². The third-order valence-corrected chi connectivity index (χ3v) is 8.23. The Hall–Kier alpha value is -1.36. The second-order valence-corrected chi connectivity index (χ2v) is 10.3. The van der Waals surface area contributed by atoms with E-state index < -0.39 is 26.7 Å². The second kappa shape index (κ2) is 10.1. The van der Waals surface area contributed by atoms with Crippen LogP contribution in [0.1, 0.15) is 37.7 Å². The van der Waals surface area contributed by atoms with Crippen molar-refractivity contribution in [2.24, 2.45) is 5.92 Å². The molecule has 11 heteroatoms. The number of amides is 1. The van der Waals surface area contributed by atoms with Crippen LogP contribution in [-0.2, 0) is 21.0 Å². The van der Waals surface area contributed by atoms with Crippen molar-refractivity contribution in [2.45, 2.75) is 43.2 Å². The fourth-order valence-electron chi connectivity index (χ4n) is 4.04. The van der Waals surface area contributed by atoms with Crippen molar-refractivity contribution in [2.75, 3.05) is 39.3 Å². The quantitative estimate of drug-likeness (QED) is 0.606. The normalized spacial score (nSPS) is 19.6. The minimum absolute atomic E-state index is 0.0563. The van der Waals surface area contributed by atoms with Gasteiger partial charge in [0.2, 0.25) is 15.9 Å². The van der Waals surface area contributed by atoms with Gasteiger partial charge in [0.05, 0.1) is 10.6 Å². The number of halogens is 4. The number of hydrogen-bond acceptors (Lipinski definition) is 4. The minimum Gasteiger partial charge on any atom is -0.356 e. The molecular weight excluding hydrogens is 455 g/mol. The van der Waals surface area contributed by atoms with Gasteiger partial charge >= 0.3 is 6.18 Å². The van der Waals surface area contributed by atoms with Gasteiger partial charge in [0.25, 0.3) is 0 Å². The van der Waals surface area contributed by atoms with Gasteiger partial charge in [0.15, 0.2) is 0 Å². The van der Waals surface area contributed by atoms with Gasteiger partial charge in [-0.1, -0.05) is 11.6 Å². The zero-order valence-corrected chi connectivity index (χ0v) is 18.7. The summed E-state index contributed by atoms with van der Waals surface area (Å²) in [5, 5.41) is 2.66. The first-order chi connectivity index (χ1) is 14.6. The molecule has 2 saturated heterocycles. The van der Waals surface area contributed by atoms with E-state index in [1.165, 1.54) is 12.8 Å². The van der Waals surface area contributed by atoms with Gasteiger partial charge in [-0.15, -0.1) is 0 Å². The molecule has 174 valence electrons. The van der Waals surface area contributed by atoms with Crippen LogP contribution in [0, 0.1) is 5.92 Å². The lowest BCUT2D eigenvalue weighted by atomic mass is 9.97. The van der Waals surface area contributed by atoms with Gasteiger partial charge in [-0.3, -0.25) is 4.79 Å². The first kappa shape index (κ1) is 24.3. The van der Waals surface area contributed by atoms with E-state index in [1.54, 1.807) is 0 Å². The number of piperidine rings is 1. The maximum Gasteiger partial charge on any atom is 0.416 e. The van der Waals surface area contributed by atoms with Crippen molar-refractivity contribution in [3.63, 3.8) is 0 Å². The fourth-order valence-corrected chi connectivity index (χ4v) is 6.01. The first-order valence-electron chi connectivity index (χ1n) is 10.5. The van der Waals surface area contributed by atoms with Crippen molar-refractivity contribution in [3.05, 3.63) is 28.8 Å². The maximum absolute atomic E-state index is 13.0. The summed E-state index contributed by atoms with van der Waals surface area (Å²) in [6.45, 7) is 3.86. The Morgan fingerprint density at radius 3 is 2.39 bits per heavy atom. The Kier molecular flexibility index (Phi) is 7.88. The lowest BCUT2D eigenvalue weighted by Gasteiger charge is -2.31. The van der Waals surface area contributed by atoms with E-state index in [4.69, 9.17) is 11.6 Å². The van der Waals surface area contributed by atoms with Crippen molar-refractivity contribution in [3.8, 4) is 0 Å². The highest BCUT2D eigenvalue weighted by atomic mass is 35.5. The molecule has 2 aliphatic heterocycles. The standard InChI is InChI=1S/C20H27ClF3N3O3S/c21-17-5-4-16(20(22,23)24)14-18(17)31(29,30)27-12-6-15(7-13-27)19(28)25-8-3-11-26-9-1-2-10-26/h4-5,14-15H,1-3,6-13H2,(H,25,28). The minimum atomic E-state index is -4.67. The maximum atomic E-state index is 13.0. The van der Waals surface area contributed by atoms with Crippen molar-refractivity contribution in [1.82, 2.24) is 14.5 Å². The van der Waals surface area contributed by atoms with Gasteiger partial charge < -0.3 is 10.2 Å². The summed E-state index contributed by atoms with van der Waals surface area (Å²) in [6.07, 6.45) is -0.734. The van der Waals surface area contributed by atoms with Gasteiger partial charge in [0.1, 0.15) is 4.90 Å². The Bertz CT molecular complexity index is 881.